The molecule has 0 radical (unpaired) electrons. The van der Waals surface area contributed by atoms with Gasteiger partial charge in [0.15, 0.2) is 0 Å². The van der Waals surface area contributed by atoms with Crippen LogP contribution >= 0.6 is 0 Å². The number of nitrogens with zero attached hydrogens (tertiary/aromatic N) is 2. The summed E-state index contributed by atoms with van der Waals surface area (Å²) >= 11 is 0. The molecule has 2 atom stereocenters. The van der Waals surface area contributed by atoms with Gasteiger partial charge in [-0.15, -0.1) is 0 Å². The van der Waals surface area contributed by atoms with Crippen LogP contribution in [0.4, 0.5) is 4.79 Å². The highest BCUT2D eigenvalue weighted by Crippen LogP contribution is 2.37. The predicted octanol–water partition coefficient (Wildman–Crippen LogP) is 4.38. The molecule has 1 aliphatic heterocycles. The lowest BCUT2D eigenvalue weighted by atomic mass is 9.91. The van der Waals surface area contributed by atoms with Crippen molar-refractivity contribution < 1.29 is 23.7 Å². The molecule has 0 N–H and O–H groups in total. The van der Waals surface area contributed by atoms with E-state index in [1.54, 1.807) is 20.8 Å². The van der Waals surface area contributed by atoms with Crippen LogP contribution in [0.2, 0.25) is 5.04 Å². The fourth-order valence-corrected chi connectivity index (χ4v) is 9.76. The Balaban J connectivity index is 2.04. The Labute approximate surface area is 220 Å². The maximum atomic E-state index is 13.1. The Hall–Kier alpha value is -3.04. The van der Waals surface area contributed by atoms with Gasteiger partial charge in [0.05, 0.1) is 12.6 Å². The highest BCUT2D eigenvalue weighted by atomic mass is 28.4. The average molecular weight is 527 g/mol. The van der Waals surface area contributed by atoms with Crippen molar-refractivity contribution in [3.8, 4) is 0 Å². The molecule has 1 aliphatic rings. The van der Waals surface area contributed by atoms with Crippen LogP contribution in [0.15, 0.2) is 60.7 Å². The van der Waals surface area contributed by atoms with Crippen LogP contribution in [0.25, 0.3) is 0 Å². The van der Waals surface area contributed by atoms with E-state index in [2.05, 4.69) is 45.0 Å². The molecular weight excluding hydrogens is 488 g/mol. The summed E-state index contributed by atoms with van der Waals surface area (Å²) in [6, 6.07) is 19.5. The van der Waals surface area contributed by atoms with Gasteiger partial charge in [0.1, 0.15) is 5.60 Å². The SMILES string of the molecule is CC(C)(C)OC(=O)N1C(=O)C[C@H](C[N+](=O)[O-])C[C@H]1CO[Si](c1ccccc1)(c1ccccc1)C(C)(C)C. The minimum atomic E-state index is -2.94. The smallest absolute Gasteiger partial charge is 0.417 e. The summed E-state index contributed by atoms with van der Waals surface area (Å²) in [6.45, 7) is 11.4. The van der Waals surface area contributed by atoms with Crippen LogP contribution in [0.3, 0.4) is 0 Å². The largest absolute Gasteiger partial charge is 0.443 e. The number of likely N-dealkylation sites (tertiary alicyclic amines) is 1. The number of benzene rings is 2. The van der Waals surface area contributed by atoms with E-state index in [1.165, 1.54) is 0 Å². The van der Waals surface area contributed by atoms with Gasteiger partial charge in [-0.3, -0.25) is 14.9 Å². The number of carbonyl (C=O) groups excluding carboxylic acids is 2. The van der Waals surface area contributed by atoms with E-state index in [0.717, 1.165) is 15.3 Å². The number of nitro groups is 1. The van der Waals surface area contributed by atoms with Gasteiger partial charge in [-0.1, -0.05) is 81.4 Å². The van der Waals surface area contributed by atoms with Crippen molar-refractivity contribution >= 4 is 30.7 Å². The third-order valence-corrected chi connectivity index (χ3v) is 11.6. The highest BCUT2D eigenvalue weighted by Gasteiger charge is 2.51. The molecule has 2 aromatic rings. The molecule has 2 aromatic carbocycles. The standard InChI is InChI=1S/C28H38N2O6Si/c1-27(2,3)36-26(32)30-22(17-21(18-25(30)31)19-29(33)34)20-35-37(28(4,5)6,23-13-9-7-10-14-23)24-15-11-8-12-16-24/h7-16,21-22H,17-20H2,1-6H3/t21-,22+/m1/s1. The Morgan fingerprint density at radius 1 is 1.00 bits per heavy atom. The minimum absolute atomic E-state index is 0.0620. The molecule has 0 bridgehead atoms. The Bertz CT molecular complexity index is 1060. The van der Waals surface area contributed by atoms with Crippen molar-refractivity contribution in [3.63, 3.8) is 0 Å². The monoisotopic (exact) mass is 526 g/mol. The summed E-state index contributed by atoms with van der Waals surface area (Å²) in [5.41, 5.74) is -0.793. The molecule has 1 saturated heterocycles. The zero-order chi connectivity index (χ0) is 27.4. The van der Waals surface area contributed by atoms with E-state index in [9.17, 15) is 19.7 Å². The molecule has 37 heavy (non-hydrogen) atoms. The third kappa shape index (κ3) is 6.64. The van der Waals surface area contributed by atoms with E-state index < -0.39 is 42.8 Å². The lowest BCUT2D eigenvalue weighted by molar-refractivity contribution is -0.488. The van der Waals surface area contributed by atoms with Crippen LogP contribution in [0.5, 0.6) is 0 Å². The first-order valence-corrected chi connectivity index (χ1v) is 14.6. The molecule has 0 aromatic heterocycles. The molecule has 0 unspecified atom stereocenters. The second-order valence-corrected chi connectivity index (χ2v) is 16.0. The number of ether oxygens (including phenoxy) is 1. The number of carbonyl (C=O) groups is 2. The maximum absolute atomic E-state index is 13.1. The van der Waals surface area contributed by atoms with Crippen molar-refractivity contribution in [1.82, 2.24) is 4.90 Å². The quantitative estimate of drug-likeness (QED) is 0.302. The normalized spacial score (nSPS) is 19.0. The van der Waals surface area contributed by atoms with E-state index in [0.29, 0.717) is 0 Å². The molecule has 1 fully saturated rings. The number of imide groups is 1. The van der Waals surface area contributed by atoms with Crippen molar-refractivity contribution in [3.05, 3.63) is 70.8 Å². The van der Waals surface area contributed by atoms with E-state index in [1.807, 2.05) is 36.4 Å². The topological polar surface area (TPSA) is 99.0 Å². The van der Waals surface area contributed by atoms with E-state index in [-0.39, 0.29) is 31.0 Å². The van der Waals surface area contributed by atoms with Gasteiger partial charge >= 0.3 is 6.09 Å². The number of piperidine rings is 1. The molecule has 0 spiro atoms. The first kappa shape index (κ1) is 28.5. The predicted molar refractivity (Wildman–Crippen MR) is 145 cm³/mol. The first-order chi connectivity index (χ1) is 17.2. The van der Waals surface area contributed by atoms with Crippen molar-refractivity contribution in [2.75, 3.05) is 13.2 Å². The van der Waals surface area contributed by atoms with Gasteiger partial charge in [-0.25, -0.2) is 9.69 Å². The summed E-state index contributed by atoms with van der Waals surface area (Å²) in [6.07, 6.45) is -0.534. The van der Waals surface area contributed by atoms with Gasteiger partial charge in [0.2, 0.25) is 12.5 Å². The zero-order valence-corrected chi connectivity index (χ0v) is 23.6. The first-order valence-electron chi connectivity index (χ1n) is 12.7. The molecule has 0 saturated carbocycles. The molecule has 1 heterocycles. The lowest BCUT2D eigenvalue weighted by Gasteiger charge is -2.45. The highest BCUT2D eigenvalue weighted by molar-refractivity contribution is 6.99. The zero-order valence-electron chi connectivity index (χ0n) is 22.6. The summed E-state index contributed by atoms with van der Waals surface area (Å²) in [5.74, 6) is -0.947. The second kappa shape index (κ2) is 11.1. The number of amides is 2. The van der Waals surface area contributed by atoms with Crippen LogP contribution < -0.4 is 10.4 Å². The van der Waals surface area contributed by atoms with Gasteiger partial charge in [-0.05, 0) is 42.6 Å². The van der Waals surface area contributed by atoms with Crippen LogP contribution in [-0.4, -0.2) is 54.9 Å². The molecular formula is C28H38N2O6Si. The number of rotatable bonds is 7. The Morgan fingerprint density at radius 3 is 1.95 bits per heavy atom. The lowest BCUT2D eigenvalue weighted by Crippen LogP contribution is -2.68. The van der Waals surface area contributed by atoms with Gasteiger partial charge in [0, 0.05) is 17.3 Å². The summed E-state index contributed by atoms with van der Waals surface area (Å²) < 4.78 is 12.5. The van der Waals surface area contributed by atoms with Crippen LogP contribution in [0.1, 0.15) is 54.4 Å². The Morgan fingerprint density at radius 2 is 1.51 bits per heavy atom. The number of hydrogen-bond acceptors (Lipinski definition) is 6. The fourth-order valence-electron chi connectivity index (χ4n) is 5.16. The van der Waals surface area contributed by atoms with Crippen molar-refractivity contribution in [2.24, 2.45) is 5.92 Å². The summed E-state index contributed by atoms with van der Waals surface area (Å²) in [4.78, 5) is 38.3. The number of hydrogen-bond donors (Lipinski definition) is 0. The average Bonchev–Trinajstić information content (AvgIpc) is 2.78. The second-order valence-electron chi connectivity index (χ2n) is 11.7. The fraction of sp³-hybridized carbons (Fsp3) is 0.500. The van der Waals surface area contributed by atoms with Crippen LogP contribution in [-0.2, 0) is 14.0 Å². The molecule has 8 nitrogen and oxygen atoms in total. The molecule has 9 heteroatoms. The molecule has 200 valence electrons. The third-order valence-electron chi connectivity index (χ3n) is 6.61. The van der Waals surface area contributed by atoms with Crippen molar-refractivity contribution in [2.45, 2.75) is 71.1 Å². The summed E-state index contributed by atoms with van der Waals surface area (Å²) in [7, 11) is -2.94. The molecule has 0 aliphatic carbocycles. The van der Waals surface area contributed by atoms with Crippen LogP contribution in [0, 0.1) is 16.0 Å². The molecule has 2 amide bonds. The van der Waals surface area contributed by atoms with Crippen molar-refractivity contribution in [1.29, 1.82) is 0 Å². The Kier molecular flexibility index (Phi) is 8.59. The van der Waals surface area contributed by atoms with E-state index >= 15 is 0 Å². The summed E-state index contributed by atoms with van der Waals surface area (Å²) in [5, 5.41) is 13.1. The minimum Gasteiger partial charge on any atom is -0.443 e. The van der Waals surface area contributed by atoms with Gasteiger partial charge in [-0.2, -0.15) is 0 Å². The molecule has 3 rings (SSSR count). The van der Waals surface area contributed by atoms with E-state index in [4.69, 9.17) is 9.16 Å². The van der Waals surface area contributed by atoms with Gasteiger partial charge in [0.25, 0.3) is 8.32 Å². The maximum Gasteiger partial charge on any atom is 0.417 e. The van der Waals surface area contributed by atoms with Gasteiger partial charge < -0.3 is 9.16 Å².